The number of para-hydroxylation sites is 1. The summed E-state index contributed by atoms with van der Waals surface area (Å²) in [5, 5.41) is 3.26. The SMILES string of the molecule is CC1(C)CCCC=Cc2cc3ccccc3nc2OC2CC3C(=O)NC4(C(=O)NS(=O)(=O)C5CC5)CC4C=CCCCCCC(CC(=O)OC1)C(=O)N3C2. The lowest BCUT2D eigenvalue weighted by Crippen LogP contribution is -2.57. The number of aromatic nitrogens is 1. The van der Waals surface area contributed by atoms with Gasteiger partial charge in [-0.05, 0) is 75.3 Å². The molecule has 5 aliphatic rings. The predicted octanol–water partition coefficient (Wildman–Crippen LogP) is 5.36. The number of fused-ring (bicyclic) bond motifs is 5. The Kier molecular flexibility index (Phi) is 10.9. The summed E-state index contributed by atoms with van der Waals surface area (Å²) in [5.41, 5.74) is -0.208. The maximum Gasteiger partial charge on any atom is 0.306 e. The molecular formula is C41H52N4O8S. The van der Waals surface area contributed by atoms with Gasteiger partial charge in [0, 0.05) is 29.2 Å². The number of carbonyl (C=O) groups excluding carboxylic acids is 4. The molecule has 2 aliphatic carbocycles. The molecule has 5 atom stereocenters. The van der Waals surface area contributed by atoms with Crippen LogP contribution in [0, 0.1) is 17.3 Å². The van der Waals surface area contributed by atoms with Crippen LogP contribution in [-0.4, -0.2) is 78.1 Å². The van der Waals surface area contributed by atoms with Crippen LogP contribution in [-0.2, 0) is 33.9 Å². The molecule has 2 saturated carbocycles. The minimum atomic E-state index is -3.87. The van der Waals surface area contributed by atoms with Crippen LogP contribution in [0.3, 0.4) is 0 Å². The molecule has 54 heavy (non-hydrogen) atoms. The summed E-state index contributed by atoms with van der Waals surface area (Å²) < 4.78 is 40.4. The first-order chi connectivity index (χ1) is 25.8. The molecule has 12 nitrogen and oxygen atoms in total. The molecule has 3 fully saturated rings. The zero-order valence-corrected chi connectivity index (χ0v) is 32.1. The van der Waals surface area contributed by atoms with Crippen molar-refractivity contribution < 1.29 is 37.1 Å². The van der Waals surface area contributed by atoms with E-state index in [-0.39, 0.29) is 43.7 Å². The minimum absolute atomic E-state index is 0.0613. The first-order valence-electron chi connectivity index (χ1n) is 19.6. The third-order valence-electron chi connectivity index (χ3n) is 11.5. The number of benzene rings is 1. The highest BCUT2D eigenvalue weighted by Crippen LogP contribution is 2.46. The van der Waals surface area contributed by atoms with E-state index in [9.17, 15) is 27.6 Å². The van der Waals surface area contributed by atoms with Crippen molar-refractivity contribution >= 4 is 50.7 Å². The first kappa shape index (κ1) is 38.0. The summed E-state index contributed by atoms with van der Waals surface area (Å²) in [7, 11) is -3.87. The lowest BCUT2D eigenvalue weighted by Gasteiger charge is -2.29. The molecule has 5 unspecified atom stereocenters. The number of esters is 1. The number of allylic oxidation sites excluding steroid dienone is 2. The van der Waals surface area contributed by atoms with Crippen molar-refractivity contribution in [2.45, 2.75) is 120 Å². The average Bonchev–Trinajstić information content (AvgIpc) is 4.06. The van der Waals surface area contributed by atoms with Gasteiger partial charge in [-0.25, -0.2) is 13.4 Å². The van der Waals surface area contributed by atoms with E-state index in [1.807, 2.05) is 48.6 Å². The number of hydrogen-bond acceptors (Lipinski definition) is 9. The summed E-state index contributed by atoms with van der Waals surface area (Å²) in [5.74, 6) is -2.86. The van der Waals surface area contributed by atoms with Gasteiger partial charge in [-0.3, -0.25) is 23.9 Å². The molecule has 1 aromatic carbocycles. The van der Waals surface area contributed by atoms with Gasteiger partial charge < -0.3 is 19.7 Å². The monoisotopic (exact) mass is 760 g/mol. The normalized spacial score (nSPS) is 29.7. The average molecular weight is 761 g/mol. The van der Waals surface area contributed by atoms with Gasteiger partial charge in [0.25, 0.3) is 5.91 Å². The smallest absolute Gasteiger partial charge is 0.306 e. The lowest BCUT2D eigenvalue weighted by molar-refractivity contribution is -0.152. The molecule has 13 heteroatoms. The molecule has 3 aliphatic heterocycles. The maximum atomic E-state index is 14.6. The van der Waals surface area contributed by atoms with E-state index in [2.05, 4.69) is 30.0 Å². The lowest BCUT2D eigenvalue weighted by atomic mass is 9.88. The Bertz CT molecular complexity index is 1960. The Hall–Kier alpha value is -4.26. The van der Waals surface area contributed by atoms with Gasteiger partial charge in [0.05, 0.1) is 30.3 Å². The summed E-state index contributed by atoms with van der Waals surface area (Å²) in [6, 6.07) is 8.74. The number of rotatable bonds is 3. The zero-order chi connectivity index (χ0) is 38.1. The second-order valence-corrected chi connectivity index (χ2v) is 18.6. The molecule has 0 radical (unpaired) electrons. The quantitative estimate of drug-likeness (QED) is 0.310. The van der Waals surface area contributed by atoms with Gasteiger partial charge >= 0.3 is 5.97 Å². The Morgan fingerprint density at radius 1 is 1.02 bits per heavy atom. The van der Waals surface area contributed by atoms with Gasteiger partial charge in [0.2, 0.25) is 27.7 Å². The molecule has 3 amide bonds. The van der Waals surface area contributed by atoms with Gasteiger partial charge in [-0.2, -0.15) is 0 Å². The number of nitrogens with zero attached hydrogens (tertiary/aromatic N) is 2. The molecule has 2 N–H and O–H groups in total. The van der Waals surface area contributed by atoms with Gasteiger partial charge in [0.15, 0.2) is 0 Å². The van der Waals surface area contributed by atoms with E-state index in [4.69, 9.17) is 14.5 Å². The van der Waals surface area contributed by atoms with Crippen LogP contribution in [0.2, 0.25) is 0 Å². The van der Waals surface area contributed by atoms with Crippen LogP contribution in [0.5, 0.6) is 5.88 Å². The van der Waals surface area contributed by atoms with Crippen molar-refractivity contribution in [3.63, 3.8) is 0 Å². The number of amides is 3. The second-order valence-electron chi connectivity index (χ2n) is 16.6. The van der Waals surface area contributed by atoms with Gasteiger partial charge in [0.1, 0.15) is 17.7 Å². The van der Waals surface area contributed by atoms with Crippen LogP contribution in [0.4, 0.5) is 0 Å². The van der Waals surface area contributed by atoms with Gasteiger partial charge in [-0.1, -0.05) is 69.2 Å². The van der Waals surface area contributed by atoms with Crippen LogP contribution >= 0.6 is 0 Å². The van der Waals surface area contributed by atoms with E-state index < -0.39 is 62.6 Å². The fraction of sp³-hybridized carbons (Fsp3) is 0.585. The van der Waals surface area contributed by atoms with Crippen molar-refractivity contribution in [2.24, 2.45) is 17.3 Å². The molecule has 290 valence electrons. The van der Waals surface area contributed by atoms with E-state index >= 15 is 0 Å². The van der Waals surface area contributed by atoms with Crippen molar-refractivity contribution in [2.75, 3.05) is 13.2 Å². The first-order valence-corrected chi connectivity index (χ1v) is 21.1. The largest absolute Gasteiger partial charge is 0.472 e. The summed E-state index contributed by atoms with van der Waals surface area (Å²) in [6.45, 7) is 4.43. The van der Waals surface area contributed by atoms with Gasteiger partial charge in [-0.15, -0.1) is 0 Å². The van der Waals surface area contributed by atoms with Crippen molar-refractivity contribution in [3.8, 4) is 5.88 Å². The number of nitrogens with one attached hydrogen (secondary N) is 2. The van der Waals surface area contributed by atoms with Crippen molar-refractivity contribution in [3.05, 3.63) is 54.1 Å². The number of cyclic esters (lactones) is 1. The Labute approximate surface area is 317 Å². The molecular weight excluding hydrogens is 709 g/mol. The topological polar surface area (TPSA) is 161 Å². The Morgan fingerprint density at radius 3 is 2.63 bits per heavy atom. The standard InChI is InChI=1S/C41H52N4O8S/c1-40(2)20-12-6-8-14-28-21-27-13-10-11-17-33(27)42-37(28)53-31-23-34-36(47)43-41(39(49)44-54(50,51)32-18-19-32)24-30(41)16-9-5-3-4-7-15-29(22-35(46)52-26-40)38(48)45(34)25-31/h8-11,13-14,16-17,21,29-32,34H,3-7,12,15,18-20,22-26H2,1-2H3,(H,43,47)(H,44,49). The van der Waals surface area contributed by atoms with E-state index in [0.29, 0.717) is 31.6 Å². The summed E-state index contributed by atoms with van der Waals surface area (Å²) in [6.07, 6.45) is 14.6. The number of sulfonamides is 1. The fourth-order valence-electron chi connectivity index (χ4n) is 7.98. The third-order valence-corrected chi connectivity index (χ3v) is 13.3. The zero-order valence-electron chi connectivity index (χ0n) is 31.3. The minimum Gasteiger partial charge on any atom is -0.472 e. The fourth-order valence-corrected chi connectivity index (χ4v) is 9.35. The van der Waals surface area contributed by atoms with Crippen molar-refractivity contribution in [1.82, 2.24) is 19.9 Å². The highest BCUT2D eigenvalue weighted by Gasteiger charge is 2.62. The Balaban J connectivity index is 1.24. The predicted molar refractivity (Wildman–Crippen MR) is 203 cm³/mol. The van der Waals surface area contributed by atoms with Crippen LogP contribution in [0.25, 0.3) is 17.0 Å². The molecule has 2 aromatic rings. The number of ether oxygens (including phenoxy) is 2. The number of carbonyl (C=O) groups is 4. The van der Waals surface area contributed by atoms with Crippen LogP contribution < -0.4 is 14.8 Å². The van der Waals surface area contributed by atoms with E-state index in [0.717, 1.165) is 55.0 Å². The highest BCUT2D eigenvalue weighted by atomic mass is 32.2. The molecule has 1 saturated heterocycles. The molecule has 3 bridgehead atoms. The molecule has 7 rings (SSSR count). The molecule has 1 aromatic heterocycles. The molecule has 4 heterocycles. The second kappa shape index (κ2) is 15.5. The highest BCUT2D eigenvalue weighted by molar-refractivity contribution is 7.91. The third kappa shape index (κ3) is 8.66. The van der Waals surface area contributed by atoms with Crippen molar-refractivity contribution in [1.29, 1.82) is 0 Å². The van der Waals surface area contributed by atoms with Crippen LogP contribution in [0.15, 0.2) is 48.6 Å². The number of hydrogen-bond donors (Lipinski definition) is 2. The number of pyridine rings is 1. The van der Waals surface area contributed by atoms with E-state index in [1.54, 1.807) is 0 Å². The van der Waals surface area contributed by atoms with Crippen LogP contribution in [0.1, 0.15) is 103 Å². The Morgan fingerprint density at radius 2 is 1.81 bits per heavy atom. The summed E-state index contributed by atoms with van der Waals surface area (Å²) >= 11 is 0. The van der Waals surface area contributed by atoms with E-state index in [1.165, 1.54) is 4.90 Å². The summed E-state index contributed by atoms with van der Waals surface area (Å²) in [4.78, 5) is 62.5. The maximum absolute atomic E-state index is 14.6. The molecule has 0 spiro atoms.